The number of hydrogen-bond donors (Lipinski definition) is 3. The number of nitrogens with zero attached hydrogens (tertiary/aromatic N) is 1. The van der Waals surface area contributed by atoms with Crippen LogP contribution in [0.25, 0.3) is 0 Å². The number of rotatable bonds is 6. The van der Waals surface area contributed by atoms with E-state index >= 15 is 0 Å². The van der Waals surface area contributed by atoms with Crippen LogP contribution < -0.4 is 15.4 Å². The zero-order valence-electron chi connectivity index (χ0n) is 14.5. The highest BCUT2D eigenvalue weighted by Gasteiger charge is 2.19. The summed E-state index contributed by atoms with van der Waals surface area (Å²) in [7, 11) is -3.67. The summed E-state index contributed by atoms with van der Waals surface area (Å²) in [5, 5.41) is 6.07. The molecule has 2 aliphatic heterocycles. The Morgan fingerprint density at radius 3 is 2.88 bits per heavy atom. The van der Waals surface area contributed by atoms with Gasteiger partial charge < -0.3 is 10.6 Å². The van der Waals surface area contributed by atoms with Crippen LogP contribution in [0.4, 0.5) is 5.69 Å². The summed E-state index contributed by atoms with van der Waals surface area (Å²) in [4.78, 5) is 16.3. The Labute approximate surface area is 160 Å². The Morgan fingerprint density at radius 1 is 1.35 bits per heavy atom. The van der Waals surface area contributed by atoms with Gasteiger partial charge in [-0.15, -0.1) is 12.4 Å². The molecule has 1 fully saturated rings. The summed E-state index contributed by atoms with van der Waals surface area (Å²) in [6.45, 7) is 2.64. The van der Waals surface area contributed by atoms with Crippen molar-refractivity contribution in [2.24, 2.45) is 10.9 Å². The molecule has 26 heavy (non-hydrogen) atoms. The van der Waals surface area contributed by atoms with Gasteiger partial charge in [0.1, 0.15) is 5.84 Å². The minimum atomic E-state index is -3.67. The fourth-order valence-corrected chi connectivity index (χ4v) is 4.23. The van der Waals surface area contributed by atoms with E-state index in [1.165, 1.54) is 12.1 Å². The minimum Gasteiger partial charge on any atom is -0.326 e. The van der Waals surface area contributed by atoms with Crippen molar-refractivity contribution in [3.05, 3.63) is 24.3 Å². The van der Waals surface area contributed by atoms with Gasteiger partial charge in [0, 0.05) is 25.1 Å². The van der Waals surface area contributed by atoms with E-state index in [-0.39, 0.29) is 23.2 Å². The van der Waals surface area contributed by atoms with Crippen LogP contribution in [0.15, 0.2) is 34.2 Å². The second kappa shape index (κ2) is 9.34. The van der Waals surface area contributed by atoms with Crippen molar-refractivity contribution < 1.29 is 13.2 Å². The van der Waals surface area contributed by atoms with E-state index in [1.807, 2.05) is 0 Å². The first-order valence-corrected chi connectivity index (χ1v) is 10.2. The standard InChI is InChI=1S/C17H24N4O3S.ClH/c22-17(7-6-13-8-10-18-12-13)20-14-3-1-4-15(11-14)25(23,24)21-16-5-2-9-19-16;/h1,3-4,11,13,18H,2,5-10,12H2,(H,19,21)(H,20,22);1H. The number of amides is 1. The van der Waals surface area contributed by atoms with Crippen LogP contribution in [-0.2, 0) is 14.8 Å². The third kappa shape index (κ3) is 5.69. The van der Waals surface area contributed by atoms with Crippen molar-refractivity contribution >= 4 is 39.9 Å². The number of nitrogens with one attached hydrogen (secondary N) is 3. The van der Waals surface area contributed by atoms with Gasteiger partial charge in [0.2, 0.25) is 5.91 Å². The smallest absolute Gasteiger partial charge is 0.262 e. The first kappa shape index (κ1) is 20.7. The number of amidine groups is 1. The van der Waals surface area contributed by atoms with Crippen LogP contribution in [-0.4, -0.2) is 39.8 Å². The molecule has 0 saturated carbocycles. The number of anilines is 1. The Balaban J connectivity index is 0.00000243. The van der Waals surface area contributed by atoms with Gasteiger partial charge in [-0.3, -0.25) is 14.5 Å². The molecule has 9 heteroatoms. The van der Waals surface area contributed by atoms with E-state index in [2.05, 4.69) is 20.3 Å². The number of halogens is 1. The molecule has 1 atom stereocenters. The van der Waals surface area contributed by atoms with Crippen molar-refractivity contribution in [2.75, 3.05) is 25.0 Å². The van der Waals surface area contributed by atoms with Crippen LogP contribution in [0.2, 0.25) is 0 Å². The average molecular weight is 401 g/mol. The maximum absolute atomic E-state index is 12.4. The first-order chi connectivity index (χ1) is 12.0. The van der Waals surface area contributed by atoms with Crippen LogP contribution in [0, 0.1) is 5.92 Å². The molecule has 2 aliphatic rings. The highest BCUT2D eigenvalue weighted by atomic mass is 35.5. The van der Waals surface area contributed by atoms with E-state index < -0.39 is 10.0 Å². The van der Waals surface area contributed by atoms with Gasteiger partial charge in [0.25, 0.3) is 10.0 Å². The Morgan fingerprint density at radius 2 is 2.19 bits per heavy atom. The number of carbonyl (C=O) groups excluding carboxylic acids is 1. The third-order valence-corrected chi connectivity index (χ3v) is 5.88. The lowest BCUT2D eigenvalue weighted by molar-refractivity contribution is -0.116. The molecule has 1 saturated heterocycles. The van der Waals surface area contributed by atoms with Gasteiger partial charge in [0.15, 0.2) is 0 Å². The summed E-state index contributed by atoms with van der Waals surface area (Å²) in [5.41, 5.74) is 0.491. The first-order valence-electron chi connectivity index (χ1n) is 8.70. The van der Waals surface area contributed by atoms with Crippen molar-refractivity contribution in [3.63, 3.8) is 0 Å². The molecule has 2 heterocycles. The Kier molecular flexibility index (Phi) is 7.43. The molecule has 7 nitrogen and oxygen atoms in total. The molecule has 1 amide bonds. The van der Waals surface area contributed by atoms with E-state index in [4.69, 9.17) is 0 Å². The monoisotopic (exact) mass is 400 g/mol. The van der Waals surface area contributed by atoms with Crippen LogP contribution >= 0.6 is 12.4 Å². The van der Waals surface area contributed by atoms with Gasteiger partial charge in [-0.1, -0.05) is 6.07 Å². The fourth-order valence-electron chi connectivity index (χ4n) is 3.10. The van der Waals surface area contributed by atoms with E-state index in [0.717, 1.165) is 32.4 Å². The minimum absolute atomic E-state index is 0. The van der Waals surface area contributed by atoms with Crippen LogP contribution in [0.3, 0.4) is 0 Å². The third-order valence-electron chi connectivity index (χ3n) is 4.50. The average Bonchev–Trinajstić information content (AvgIpc) is 3.26. The fraction of sp³-hybridized carbons (Fsp3) is 0.529. The number of benzene rings is 1. The topological polar surface area (TPSA) is 99.7 Å². The van der Waals surface area contributed by atoms with Crippen molar-refractivity contribution in [1.82, 2.24) is 10.0 Å². The number of hydrogen-bond acceptors (Lipinski definition) is 5. The molecular formula is C17H25ClN4O3S. The summed E-state index contributed by atoms with van der Waals surface area (Å²) in [5.74, 6) is 0.961. The van der Waals surface area contributed by atoms with Crippen molar-refractivity contribution in [1.29, 1.82) is 0 Å². The molecule has 1 unspecified atom stereocenters. The lowest BCUT2D eigenvalue weighted by Gasteiger charge is -2.11. The molecule has 144 valence electrons. The second-order valence-electron chi connectivity index (χ2n) is 6.51. The lowest BCUT2D eigenvalue weighted by Crippen LogP contribution is -2.29. The molecule has 3 rings (SSSR count). The van der Waals surface area contributed by atoms with Gasteiger partial charge in [-0.2, -0.15) is 0 Å². The van der Waals surface area contributed by atoms with Gasteiger partial charge in [-0.05, 0) is 56.5 Å². The van der Waals surface area contributed by atoms with Crippen molar-refractivity contribution in [3.8, 4) is 0 Å². The summed E-state index contributed by atoms with van der Waals surface area (Å²) in [6, 6.07) is 6.31. The Bertz CT molecular complexity index is 761. The van der Waals surface area contributed by atoms with E-state index in [0.29, 0.717) is 36.8 Å². The molecule has 3 N–H and O–H groups in total. The molecule has 1 aromatic rings. The molecule has 1 aromatic carbocycles. The molecule has 0 bridgehead atoms. The van der Waals surface area contributed by atoms with Gasteiger partial charge >= 0.3 is 0 Å². The van der Waals surface area contributed by atoms with Crippen molar-refractivity contribution in [2.45, 2.75) is 37.0 Å². The molecule has 0 aliphatic carbocycles. The molecular weight excluding hydrogens is 376 g/mol. The lowest BCUT2D eigenvalue weighted by atomic mass is 10.0. The van der Waals surface area contributed by atoms with E-state index in [9.17, 15) is 13.2 Å². The quantitative estimate of drug-likeness (QED) is 0.679. The maximum atomic E-state index is 12.4. The molecule has 0 spiro atoms. The zero-order valence-corrected chi connectivity index (χ0v) is 16.2. The SMILES string of the molecule is Cl.O=C(CCC1CCNC1)Nc1cccc(S(=O)(=O)NC2=NCCC2)c1. The highest BCUT2D eigenvalue weighted by Crippen LogP contribution is 2.18. The number of aliphatic imine (C=N–C) groups is 1. The predicted octanol–water partition coefficient (Wildman–Crippen LogP) is 1.91. The summed E-state index contributed by atoms with van der Waals surface area (Å²) in [6.07, 6.45) is 3.91. The Hall–Kier alpha value is -1.64. The van der Waals surface area contributed by atoms with Crippen LogP contribution in [0.5, 0.6) is 0 Å². The normalized spacial score (nSPS) is 19.5. The maximum Gasteiger partial charge on any atom is 0.262 e. The van der Waals surface area contributed by atoms with E-state index in [1.54, 1.807) is 12.1 Å². The second-order valence-corrected chi connectivity index (χ2v) is 8.19. The highest BCUT2D eigenvalue weighted by molar-refractivity contribution is 7.90. The largest absolute Gasteiger partial charge is 0.326 e. The zero-order chi connectivity index (χ0) is 17.7. The molecule has 0 radical (unpaired) electrons. The summed E-state index contributed by atoms with van der Waals surface area (Å²) >= 11 is 0. The van der Waals surface area contributed by atoms with Crippen LogP contribution in [0.1, 0.15) is 32.1 Å². The van der Waals surface area contributed by atoms with Gasteiger partial charge in [0.05, 0.1) is 4.90 Å². The number of carbonyl (C=O) groups is 1. The van der Waals surface area contributed by atoms with Gasteiger partial charge in [-0.25, -0.2) is 8.42 Å². The number of sulfonamides is 1. The summed E-state index contributed by atoms with van der Waals surface area (Å²) < 4.78 is 27.3. The molecule has 0 aromatic heterocycles. The predicted molar refractivity (Wildman–Crippen MR) is 104 cm³/mol.